The number of rotatable bonds is 0. The highest BCUT2D eigenvalue weighted by molar-refractivity contribution is 6.02. The third-order valence-corrected chi connectivity index (χ3v) is 1.85. The Bertz CT molecular complexity index is 320. The van der Waals surface area contributed by atoms with Gasteiger partial charge in [0.15, 0.2) is 0 Å². The summed E-state index contributed by atoms with van der Waals surface area (Å²) >= 11 is 0. The molecule has 0 saturated heterocycles. The summed E-state index contributed by atoms with van der Waals surface area (Å²) in [7, 11) is 0. The molecule has 1 aliphatic rings. The number of benzene rings is 1. The van der Waals surface area contributed by atoms with Gasteiger partial charge in [-0.2, -0.15) is 0 Å². The molecular weight excluding hydrogens is 140 g/mol. The minimum Gasteiger partial charge on any atom is -0.398 e. The molecule has 3 N–H and O–H groups in total. The number of nitrogen functional groups attached to an aromatic ring is 1. The van der Waals surface area contributed by atoms with Crippen LogP contribution in [0.15, 0.2) is 18.2 Å². The lowest BCUT2D eigenvalue weighted by atomic mass is 10.1. The standard InChI is InChI=1S/C8H8N2O/c9-6-3-1-2-5-4-10-8(11)7(5)6/h1-3H,4,9H2,(H,10,11). The molecule has 3 nitrogen and oxygen atoms in total. The molecular formula is C8H8N2O. The molecule has 0 spiro atoms. The predicted octanol–water partition coefficient (Wildman–Crippen LogP) is 0.512. The number of anilines is 1. The fourth-order valence-electron chi connectivity index (χ4n) is 1.31. The van der Waals surface area contributed by atoms with E-state index in [0.717, 1.165) is 5.56 Å². The summed E-state index contributed by atoms with van der Waals surface area (Å²) < 4.78 is 0. The van der Waals surface area contributed by atoms with E-state index in [4.69, 9.17) is 5.73 Å². The molecule has 0 atom stereocenters. The second-order valence-corrected chi connectivity index (χ2v) is 2.56. The summed E-state index contributed by atoms with van der Waals surface area (Å²) in [5.41, 5.74) is 7.81. The van der Waals surface area contributed by atoms with Gasteiger partial charge in [0.2, 0.25) is 0 Å². The Kier molecular flexibility index (Phi) is 1.12. The summed E-state index contributed by atoms with van der Waals surface area (Å²) in [6.07, 6.45) is 0. The van der Waals surface area contributed by atoms with Gasteiger partial charge in [0.1, 0.15) is 0 Å². The molecule has 3 heteroatoms. The predicted molar refractivity (Wildman–Crippen MR) is 42.0 cm³/mol. The van der Waals surface area contributed by atoms with Gasteiger partial charge in [-0.1, -0.05) is 12.1 Å². The molecule has 0 radical (unpaired) electrons. The molecule has 56 valence electrons. The Morgan fingerprint density at radius 3 is 3.00 bits per heavy atom. The Morgan fingerprint density at radius 1 is 1.45 bits per heavy atom. The Hall–Kier alpha value is -1.51. The van der Waals surface area contributed by atoms with Gasteiger partial charge in [-0.05, 0) is 11.6 Å². The van der Waals surface area contributed by atoms with Crippen LogP contribution in [-0.2, 0) is 6.54 Å². The van der Waals surface area contributed by atoms with E-state index in [1.807, 2.05) is 12.1 Å². The molecule has 0 saturated carbocycles. The second-order valence-electron chi connectivity index (χ2n) is 2.56. The molecule has 1 amide bonds. The number of nitrogens with two attached hydrogens (primary N) is 1. The first-order valence-electron chi connectivity index (χ1n) is 3.44. The minimum atomic E-state index is -0.0573. The first-order valence-corrected chi connectivity index (χ1v) is 3.44. The quantitative estimate of drug-likeness (QED) is 0.527. The van der Waals surface area contributed by atoms with Crippen molar-refractivity contribution in [3.8, 4) is 0 Å². The third kappa shape index (κ3) is 0.774. The molecule has 1 aliphatic heterocycles. The normalized spacial score (nSPS) is 14.4. The fourth-order valence-corrected chi connectivity index (χ4v) is 1.31. The van der Waals surface area contributed by atoms with Crippen LogP contribution in [0.3, 0.4) is 0 Å². The summed E-state index contributed by atoms with van der Waals surface area (Å²) in [5.74, 6) is -0.0573. The average Bonchev–Trinajstić information content (AvgIpc) is 2.34. The zero-order chi connectivity index (χ0) is 7.84. The van der Waals surface area contributed by atoms with Crippen molar-refractivity contribution in [2.75, 3.05) is 5.73 Å². The van der Waals surface area contributed by atoms with Crippen LogP contribution >= 0.6 is 0 Å². The van der Waals surface area contributed by atoms with Crippen LogP contribution in [0.1, 0.15) is 15.9 Å². The van der Waals surface area contributed by atoms with Crippen molar-refractivity contribution in [1.82, 2.24) is 5.32 Å². The van der Waals surface area contributed by atoms with Gasteiger partial charge in [0.25, 0.3) is 5.91 Å². The van der Waals surface area contributed by atoms with E-state index in [1.165, 1.54) is 0 Å². The van der Waals surface area contributed by atoms with Gasteiger partial charge >= 0.3 is 0 Å². The maximum atomic E-state index is 11.1. The van der Waals surface area contributed by atoms with Crippen molar-refractivity contribution in [3.63, 3.8) is 0 Å². The first-order chi connectivity index (χ1) is 5.29. The molecule has 0 unspecified atom stereocenters. The number of hydrogen-bond donors (Lipinski definition) is 2. The average molecular weight is 148 g/mol. The summed E-state index contributed by atoms with van der Waals surface area (Å²) in [5, 5.41) is 2.71. The van der Waals surface area contributed by atoms with Crippen molar-refractivity contribution in [2.24, 2.45) is 0 Å². The van der Waals surface area contributed by atoms with Crippen LogP contribution in [-0.4, -0.2) is 5.91 Å². The molecule has 1 heterocycles. The molecule has 1 aromatic carbocycles. The van der Waals surface area contributed by atoms with Crippen LogP contribution in [0.25, 0.3) is 0 Å². The number of hydrogen-bond acceptors (Lipinski definition) is 2. The Labute approximate surface area is 64.2 Å². The molecule has 0 bridgehead atoms. The topological polar surface area (TPSA) is 55.1 Å². The van der Waals surface area contributed by atoms with Gasteiger partial charge in [-0.3, -0.25) is 4.79 Å². The maximum Gasteiger partial charge on any atom is 0.253 e. The summed E-state index contributed by atoms with van der Waals surface area (Å²) in [6, 6.07) is 5.50. The molecule has 0 aromatic heterocycles. The van der Waals surface area contributed by atoms with Crippen molar-refractivity contribution < 1.29 is 4.79 Å². The first kappa shape index (κ1) is 6.22. The van der Waals surface area contributed by atoms with Gasteiger partial charge in [-0.25, -0.2) is 0 Å². The van der Waals surface area contributed by atoms with Crippen LogP contribution in [0.5, 0.6) is 0 Å². The second kappa shape index (κ2) is 1.99. The summed E-state index contributed by atoms with van der Waals surface area (Å²) in [6.45, 7) is 0.610. The lowest BCUT2D eigenvalue weighted by molar-refractivity contribution is 0.0966. The largest absolute Gasteiger partial charge is 0.398 e. The van der Waals surface area contributed by atoms with Crippen molar-refractivity contribution >= 4 is 11.6 Å². The van der Waals surface area contributed by atoms with Crippen molar-refractivity contribution in [2.45, 2.75) is 6.54 Å². The molecule has 2 rings (SSSR count). The number of fused-ring (bicyclic) bond motifs is 1. The number of carbonyl (C=O) groups is 1. The smallest absolute Gasteiger partial charge is 0.253 e. The van der Waals surface area contributed by atoms with Crippen molar-refractivity contribution in [1.29, 1.82) is 0 Å². The van der Waals surface area contributed by atoms with E-state index in [0.29, 0.717) is 17.8 Å². The molecule has 0 fully saturated rings. The van der Waals surface area contributed by atoms with E-state index in [-0.39, 0.29) is 5.91 Å². The number of carbonyl (C=O) groups excluding carboxylic acids is 1. The van der Waals surface area contributed by atoms with E-state index in [9.17, 15) is 4.79 Å². The highest BCUT2D eigenvalue weighted by atomic mass is 16.1. The maximum absolute atomic E-state index is 11.1. The lowest BCUT2D eigenvalue weighted by Gasteiger charge is -1.97. The van der Waals surface area contributed by atoms with E-state index in [1.54, 1.807) is 6.07 Å². The summed E-state index contributed by atoms with van der Waals surface area (Å²) in [4.78, 5) is 11.1. The zero-order valence-electron chi connectivity index (χ0n) is 5.92. The van der Waals surface area contributed by atoms with Gasteiger partial charge < -0.3 is 11.1 Å². The minimum absolute atomic E-state index is 0.0573. The fraction of sp³-hybridized carbons (Fsp3) is 0.125. The van der Waals surface area contributed by atoms with E-state index in [2.05, 4.69) is 5.32 Å². The van der Waals surface area contributed by atoms with Gasteiger partial charge in [0, 0.05) is 12.2 Å². The van der Waals surface area contributed by atoms with E-state index < -0.39 is 0 Å². The van der Waals surface area contributed by atoms with Crippen LogP contribution < -0.4 is 11.1 Å². The molecule has 1 aromatic rings. The monoisotopic (exact) mass is 148 g/mol. The third-order valence-electron chi connectivity index (χ3n) is 1.85. The zero-order valence-corrected chi connectivity index (χ0v) is 5.92. The lowest BCUT2D eigenvalue weighted by Crippen LogP contribution is -2.13. The van der Waals surface area contributed by atoms with Crippen LogP contribution in [0.4, 0.5) is 5.69 Å². The Balaban J connectivity index is 2.68. The Morgan fingerprint density at radius 2 is 2.27 bits per heavy atom. The highest BCUT2D eigenvalue weighted by Gasteiger charge is 2.20. The van der Waals surface area contributed by atoms with Crippen LogP contribution in [0.2, 0.25) is 0 Å². The van der Waals surface area contributed by atoms with Crippen molar-refractivity contribution in [3.05, 3.63) is 29.3 Å². The number of amides is 1. The molecule has 0 aliphatic carbocycles. The van der Waals surface area contributed by atoms with E-state index >= 15 is 0 Å². The van der Waals surface area contributed by atoms with Gasteiger partial charge in [0.05, 0.1) is 5.56 Å². The van der Waals surface area contributed by atoms with Gasteiger partial charge in [-0.15, -0.1) is 0 Å². The van der Waals surface area contributed by atoms with Crippen LogP contribution in [0, 0.1) is 0 Å². The number of nitrogens with one attached hydrogen (secondary N) is 1. The SMILES string of the molecule is Nc1cccc2c1C(=O)NC2. The molecule has 11 heavy (non-hydrogen) atoms. The highest BCUT2D eigenvalue weighted by Crippen LogP contribution is 2.20.